The lowest BCUT2D eigenvalue weighted by Crippen LogP contribution is -2.43. The molecule has 1 rings (SSSR count). The van der Waals surface area contributed by atoms with Gasteiger partial charge in [-0.1, -0.05) is 0 Å². The fraction of sp³-hybridized carbons (Fsp3) is 0.125. The molecule has 12 heteroatoms. The third-order valence-corrected chi connectivity index (χ3v) is 1.64. The molecule has 0 aliphatic carbocycles. The molecule has 0 radical (unpaired) electrons. The Morgan fingerprint density at radius 3 is 1.55 bits per heavy atom. The fourth-order valence-electron chi connectivity index (χ4n) is 0.961. The molecule has 1 aromatic rings. The minimum Gasteiger partial charge on any atom is -0.863 e. The van der Waals surface area contributed by atoms with E-state index >= 15 is 0 Å². The Balaban J connectivity index is 0.000000796. The summed E-state index contributed by atoms with van der Waals surface area (Å²) in [5.41, 5.74) is 1.54. The van der Waals surface area contributed by atoms with Crippen molar-refractivity contribution in [3.63, 3.8) is 0 Å². The molecule has 0 saturated heterocycles. The van der Waals surface area contributed by atoms with Gasteiger partial charge >= 0.3 is 0 Å². The highest BCUT2D eigenvalue weighted by atomic mass is 16.6. The van der Waals surface area contributed by atoms with Crippen LogP contribution < -0.4 is 16.2 Å². The molecule has 20 heavy (non-hydrogen) atoms. The second kappa shape index (κ2) is 6.58. The molecule has 0 bridgehead atoms. The predicted molar refractivity (Wildman–Crippen MR) is 62.6 cm³/mol. The maximum atomic E-state index is 11.1. The third-order valence-electron chi connectivity index (χ3n) is 1.64. The van der Waals surface area contributed by atoms with Gasteiger partial charge in [-0.25, -0.2) is 0 Å². The lowest BCUT2D eigenvalue weighted by molar-refractivity contribution is -0.420. The lowest BCUT2D eigenvalue weighted by Gasteiger charge is -2.06. The molecular weight excluding hydrogens is 278 g/mol. The van der Waals surface area contributed by atoms with Crippen molar-refractivity contribution in [3.05, 3.63) is 42.5 Å². The van der Waals surface area contributed by atoms with Gasteiger partial charge in [-0.05, 0) is 0 Å². The molecule has 4 N–H and O–H groups in total. The number of amidine groups is 1. The molecule has 0 spiro atoms. The molecule has 12 nitrogen and oxygen atoms in total. The van der Waals surface area contributed by atoms with Gasteiger partial charge in [0.1, 0.15) is 0 Å². The van der Waals surface area contributed by atoms with E-state index in [1.165, 1.54) is 0 Å². The molecular formula is C8H9N5O7. The van der Waals surface area contributed by atoms with E-state index in [2.05, 4.69) is 0 Å². The highest BCUT2D eigenvalue weighted by molar-refractivity contribution is 5.70. The van der Waals surface area contributed by atoms with E-state index in [0.29, 0.717) is 18.0 Å². The van der Waals surface area contributed by atoms with Crippen molar-refractivity contribution in [2.24, 2.45) is 5.73 Å². The predicted octanol–water partition coefficient (Wildman–Crippen LogP) is -1.39. The summed E-state index contributed by atoms with van der Waals surface area (Å²) < 4.78 is 0. The lowest BCUT2D eigenvalue weighted by atomic mass is 10.2. The van der Waals surface area contributed by atoms with Gasteiger partial charge in [0.05, 0.1) is 32.7 Å². The number of nitrogens with zero attached hydrogens (tertiary/aromatic N) is 3. The Kier molecular flexibility index (Phi) is 5.49. The quantitative estimate of drug-likeness (QED) is 0.292. The summed E-state index contributed by atoms with van der Waals surface area (Å²) in [4.78, 5) is 27.5. The van der Waals surface area contributed by atoms with E-state index in [1.807, 2.05) is 0 Å². The minimum absolute atomic E-state index is 0.384. The van der Waals surface area contributed by atoms with Crippen molar-refractivity contribution in [2.75, 3.05) is 0 Å². The molecule has 0 aromatic heterocycles. The van der Waals surface area contributed by atoms with Gasteiger partial charge in [0, 0.05) is 6.92 Å². The number of nitro benzene ring substituents is 3. The molecule has 0 saturated carbocycles. The Labute approximate surface area is 110 Å². The molecule has 0 heterocycles. The smallest absolute Gasteiger partial charge is 0.283 e. The summed E-state index contributed by atoms with van der Waals surface area (Å²) in [5.74, 6) is -1.04. The van der Waals surface area contributed by atoms with Crippen molar-refractivity contribution in [2.45, 2.75) is 6.92 Å². The topological polar surface area (TPSA) is 204 Å². The molecule has 0 fully saturated rings. The van der Waals surface area contributed by atoms with Crippen LogP contribution in [0, 0.1) is 30.3 Å². The van der Waals surface area contributed by atoms with Crippen LogP contribution in [0.3, 0.4) is 0 Å². The van der Waals surface area contributed by atoms with Gasteiger partial charge in [0.15, 0.2) is 0 Å². The Morgan fingerprint density at radius 1 is 1.05 bits per heavy atom. The van der Waals surface area contributed by atoms with Gasteiger partial charge in [0.2, 0.25) is 5.84 Å². The Bertz CT molecular complexity index is 546. The molecule has 0 amide bonds. The van der Waals surface area contributed by atoms with E-state index in [9.17, 15) is 35.4 Å². The van der Waals surface area contributed by atoms with Gasteiger partial charge in [-0.2, -0.15) is 0 Å². The molecule has 0 aliphatic rings. The van der Waals surface area contributed by atoms with E-state index < -0.39 is 37.6 Å². The number of rotatable bonds is 3. The van der Waals surface area contributed by atoms with Gasteiger partial charge in [-0.15, -0.1) is 0 Å². The average molecular weight is 287 g/mol. The van der Waals surface area contributed by atoms with Crippen molar-refractivity contribution in [1.29, 1.82) is 0 Å². The molecule has 0 aliphatic heterocycles. The largest absolute Gasteiger partial charge is 0.863 e. The van der Waals surface area contributed by atoms with Crippen LogP contribution in [0.2, 0.25) is 0 Å². The van der Waals surface area contributed by atoms with Crippen molar-refractivity contribution in [1.82, 2.24) is 0 Å². The minimum atomic E-state index is -1.46. The van der Waals surface area contributed by atoms with Crippen molar-refractivity contribution in [3.8, 4) is 5.75 Å². The highest BCUT2D eigenvalue weighted by Crippen LogP contribution is 2.36. The Morgan fingerprint density at radius 2 is 1.35 bits per heavy atom. The van der Waals surface area contributed by atoms with Crippen molar-refractivity contribution >= 4 is 22.9 Å². The average Bonchev–Trinajstić information content (AvgIpc) is 2.27. The molecule has 1 aromatic carbocycles. The molecule has 0 atom stereocenters. The number of hydrogen-bond acceptors (Lipinski definition) is 7. The summed E-state index contributed by atoms with van der Waals surface area (Å²) in [5, 5.41) is 46.9. The molecule has 0 unspecified atom stereocenters. The van der Waals surface area contributed by atoms with Crippen LogP contribution >= 0.6 is 0 Å². The molecule has 108 valence electrons. The van der Waals surface area contributed by atoms with Crippen LogP contribution in [-0.4, -0.2) is 20.6 Å². The van der Waals surface area contributed by atoms with Gasteiger partial charge < -0.3 is 5.11 Å². The van der Waals surface area contributed by atoms with Crippen molar-refractivity contribution < 1.29 is 25.3 Å². The van der Waals surface area contributed by atoms with E-state index in [-0.39, 0.29) is 0 Å². The SMILES string of the molecule is CC(N)=[NH2+].O=[N+]([O-])c1cc([N+](=O)[O-])c([O-])c([N+](=O)[O-])c1. The number of nitrogens with two attached hydrogens (primary N) is 2. The monoisotopic (exact) mass is 287 g/mol. The summed E-state index contributed by atoms with van der Waals surface area (Å²) >= 11 is 0. The van der Waals surface area contributed by atoms with Crippen LogP contribution in [0.1, 0.15) is 6.92 Å². The van der Waals surface area contributed by atoms with Crippen LogP contribution in [-0.2, 0) is 0 Å². The standard InChI is InChI=1S/C6H3N3O7.C2H6N2/c10-6-4(8(13)14)1-3(7(11)12)2-5(6)9(15)16;1-2(3)4/h1-2,10H;1H3,(H3,3,4). The first kappa shape index (κ1) is 16.7. The number of non-ortho nitro benzene ring substituents is 1. The van der Waals surface area contributed by atoms with Crippen LogP contribution in [0.15, 0.2) is 12.1 Å². The van der Waals surface area contributed by atoms with Crippen LogP contribution in [0.5, 0.6) is 5.75 Å². The summed E-state index contributed by atoms with van der Waals surface area (Å²) in [6.45, 7) is 1.64. The number of nitro groups is 3. The number of benzene rings is 1. The second-order valence-electron chi connectivity index (χ2n) is 3.33. The fourth-order valence-corrected chi connectivity index (χ4v) is 0.961. The Hall–Kier alpha value is -3.31. The highest BCUT2D eigenvalue weighted by Gasteiger charge is 2.24. The van der Waals surface area contributed by atoms with E-state index in [1.54, 1.807) is 6.92 Å². The summed E-state index contributed by atoms with van der Waals surface area (Å²) in [7, 11) is 0. The van der Waals surface area contributed by atoms with Gasteiger partial charge in [0.25, 0.3) is 17.1 Å². The van der Waals surface area contributed by atoms with E-state index in [0.717, 1.165) is 0 Å². The maximum absolute atomic E-state index is 11.1. The van der Waals surface area contributed by atoms with Crippen LogP contribution in [0.4, 0.5) is 17.1 Å². The van der Waals surface area contributed by atoms with Gasteiger partial charge in [-0.3, -0.25) is 41.5 Å². The normalized spacial score (nSPS) is 9.05. The summed E-state index contributed by atoms with van der Waals surface area (Å²) in [6, 6.07) is 0.769. The zero-order chi connectivity index (χ0) is 16.0. The van der Waals surface area contributed by atoms with E-state index in [4.69, 9.17) is 11.1 Å². The second-order valence-corrected chi connectivity index (χ2v) is 3.33. The first-order valence-electron chi connectivity index (χ1n) is 4.70. The first-order valence-corrected chi connectivity index (χ1v) is 4.70. The summed E-state index contributed by atoms with van der Waals surface area (Å²) in [6.07, 6.45) is 0. The maximum Gasteiger partial charge on any atom is 0.283 e. The third kappa shape index (κ3) is 4.52. The first-order chi connectivity index (χ1) is 9.07. The number of hydrogen-bond donors (Lipinski definition) is 2. The van der Waals surface area contributed by atoms with Crippen LogP contribution in [0.25, 0.3) is 0 Å². The zero-order valence-electron chi connectivity index (χ0n) is 10.0. The zero-order valence-corrected chi connectivity index (χ0v) is 10.0.